The molecule has 8 nitrogen and oxygen atoms in total. The van der Waals surface area contributed by atoms with Crippen molar-refractivity contribution in [2.45, 2.75) is 39.5 Å². The van der Waals surface area contributed by atoms with E-state index in [4.69, 9.17) is 4.74 Å². The minimum Gasteiger partial charge on any atom is -0.381 e. The van der Waals surface area contributed by atoms with E-state index in [9.17, 15) is 17.6 Å². The zero-order chi connectivity index (χ0) is 27.2. The lowest BCUT2D eigenvalue weighted by Gasteiger charge is -2.25. The van der Waals surface area contributed by atoms with Crippen LogP contribution in [0.4, 0.5) is 4.39 Å². The molecule has 3 heterocycles. The molecule has 0 atom stereocenters. The third-order valence-electron chi connectivity index (χ3n) is 6.96. The molecule has 200 valence electrons. The van der Waals surface area contributed by atoms with Crippen molar-refractivity contribution >= 4 is 43.8 Å². The Morgan fingerprint density at radius 3 is 2.45 bits per heavy atom. The van der Waals surface area contributed by atoms with Gasteiger partial charge in [0.1, 0.15) is 5.82 Å². The maximum Gasteiger partial charge on any atom is 0.252 e. The molecule has 2 aromatic carbocycles. The minimum atomic E-state index is -3.65. The van der Waals surface area contributed by atoms with E-state index in [0.29, 0.717) is 18.7 Å². The lowest BCUT2D eigenvalue weighted by molar-refractivity contribution is 0.0755. The number of rotatable bonds is 5. The monoisotopic (exact) mass is 538 g/mol. The molecule has 38 heavy (non-hydrogen) atoms. The van der Waals surface area contributed by atoms with E-state index in [2.05, 4.69) is 14.4 Å². The number of halogens is 1. The Morgan fingerprint density at radius 2 is 1.82 bits per heavy atom. The molecule has 10 heteroatoms. The third-order valence-corrected chi connectivity index (χ3v) is 8.02. The molecule has 1 N–H and O–H groups in total. The summed E-state index contributed by atoms with van der Waals surface area (Å²) in [5.74, 6) is -0.416. The average molecular weight is 539 g/mol. The predicted molar refractivity (Wildman–Crippen MR) is 146 cm³/mol. The van der Waals surface area contributed by atoms with Gasteiger partial charge < -0.3 is 9.30 Å². The van der Waals surface area contributed by atoms with Gasteiger partial charge >= 0.3 is 0 Å². The summed E-state index contributed by atoms with van der Waals surface area (Å²) in [6.45, 7) is 6.69. The van der Waals surface area contributed by atoms with Crippen molar-refractivity contribution in [3.05, 3.63) is 65.1 Å². The van der Waals surface area contributed by atoms with E-state index < -0.39 is 15.4 Å². The normalized spacial score (nSPS) is 15.7. The number of nitrogens with zero attached hydrogens (tertiary/aromatic N) is 3. The molecular formula is C28H31FN4O4S. The highest BCUT2D eigenvalue weighted by molar-refractivity contribution is 7.92. The first-order valence-corrected chi connectivity index (χ1v) is 14.1. The summed E-state index contributed by atoms with van der Waals surface area (Å²) < 4.78 is 50.1. The second kappa shape index (κ2) is 9.76. The highest BCUT2D eigenvalue weighted by Crippen LogP contribution is 2.40. The minimum absolute atomic E-state index is 0.0777. The number of hydrogen-bond acceptors (Lipinski definition) is 5. The Hall–Kier alpha value is -3.34. The maximum absolute atomic E-state index is 13.9. The Morgan fingerprint density at radius 1 is 1.13 bits per heavy atom. The summed E-state index contributed by atoms with van der Waals surface area (Å²) in [7, 11) is -2.29. The summed E-state index contributed by atoms with van der Waals surface area (Å²) in [4.78, 5) is 13.2. The van der Waals surface area contributed by atoms with Crippen molar-refractivity contribution in [3.63, 3.8) is 0 Å². The van der Waals surface area contributed by atoms with Crippen molar-refractivity contribution < 1.29 is 22.3 Å². The van der Waals surface area contributed by atoms with Crippen LogP contribution in [0.2, 0.25) is 0 Å². The molecule has 1 aliphatic rings. The van der Waals surface area contributed by atoms with E-state index in [1.807, 2.05) is 32.9 Å². The second-order valence-electron chi connectivity index (χ2n) is 10.6. The highest BCUT2D eigenvalue weighted by atomic mass is 32.2. The van der Waals surface area contributed by atoms with E-state index in [1.165, 1.54) is 23.9 Å². The van der Waals surface area contributed by atoms with Crippen LogP contribution in [-0.4, -0.2) is 48.9 Å². The molecule has 0 unspecified atom stereocenters. The smallest absolute Gasteiger partial charge is 0.252 e. The van der Waals surface area contributed by atoms with Crippen molar-refractivity contribution in [2.24, 2.45) is 5.41 Å². The highest BCUT2D eigenvalue weighted by Gasteiger charge is 2.29. The number of nitrogens with one attached hydrogen (secondary N) is 1. The van der Waals surface area contributed by atoms with Gasteiger partial charge in [0.05, 0.1) is 17.2 Å². The van der Waals surface area contributed by atoms with E-state index in [1.54, 1.807) is 24.4 Å². The Balaban J connectivity index is 1.88. The largest absolute Gasteiger partial charge is 0.381 e. The Kier molecular flexibility index (Phi) is 6.75. The van der Waals surface area contributed by atoms with E-state index >= 15 is 0 Å². The van der Waals surface area contributed by atoms with Crippen LogP contribution in [0.1, 0.15) is 55.6 Å². The fourth-order valence-corrected chi connectivity index (χ4v) is 5.42. The molecule has 0 amide bonds. The van der Waals surface area contributed by atoms with Gasteiger partial charge in [-0.2, -0.15) is 9.78 Å². The van der Waals surface area contributed by atoms with Crippen LogP contribution in [-0.2, 0) is 14.8 Å². The van der Waals surface area contributed by atoms with Crippen molar-refractivity contribution in [2.75, 3.05) is 20.3 Å². The van der Waals surface area contributed by atoms with Gasteiger partial charge in [-0.1, -0.05) is 20.8 Å². The van der Waals surface area contributed by atoms with Crippen LogP contribution in [0, 0.1) is 11.2 Å². The molecule has 1 saturated heterocycles. The summed E-state index contributed by atoms with van der Waals surface area (Å²) in [5.41, 5.74) is 3.21. The van der Waals surface area contributed by atoms with Crippen molar-refractivity contribution in [1.82, 2.24) is 19.1 Å². The molecule has 1 aliphatic heterocycles. The topological polar surface area (TPSA) is 95.2 Å². The summed E-state index contributed by atoms with van der Waals surface area (Å²) in [6.07, 6.45) is 4.78. The number of benzene rings is 2. The first kappa shape index (κ1) is 26.3. The molecule has 0 aliphatic carbocycles. The average Bonchev–Trinajstić information content (AvgIpc) is 3.44. The van der Waals surface area contributed by atoms with Crippen molar-refractivity contribution in [3.8, 4) is 5.69 Å². The first-order chi connectivity index (χ1) is 18.0. The fourth-order valence-electron chi connectivity index (χ4n) is 4.97. The number of hydrogen-bond donors (Lipinski definition) is 1. The van der Waals surface area contributed by atoms with Gasteiger partial charge in [-0.05, 0) is 62.4 Å². The van der Waals surface area contributed by atoms with Crippen LogP contribution in [0.3, 0.4) is 0 Å². The predicted octanol–water partition coefficient (Wildman–Crippen LogP) is 5.22. The molecule has 1 fully saturated rings. The molecule has 5 rings (SSSR count). The standard InChI is InChI=1S/C28H31FN4O4S/c1-28(2,3)27(34)33-24-16-23-22(11-14-38(35,36)30-4)26(18-9-12-37-13-10-18)32(21-7-5-20(29)6-8-21)25(23)15-19(24)17-31-33/h5-8,11,14-18,30H,9-10,12-13H2,1-4H3/b14-11+. The van der Waals surface area contributed by atoms with Gasteiger partial charge in [-0.25, -0.2) is 17.5 Å². The Bertz CT molecular complexity index is 1660. The number of ether oxygens (including phenoxy) is 1. The lowest BCUT2D eigenvalue weighted by Crippen LogP contribution is -2.27. The quantitative estimate of drug-likeness (QED) is 0.376. The molecular weight excluding hydrogens is 507 g/mol. The van der Waals surface area contributed by atoms with Gasteiger partial charge in [0.15, 0.2) is 0 Å². The Labute approximate surface area is 221 Å². The molecule has 0 bridgehead atoms. The zero-order valence-corrected chi connectivity index (χ0v) is 22.7. The molecule has 2 aromatic heterocycles. The van der Waals surface area contributed by atoms with Crippen molar-refractivity contribution in [1.29, 1.82) is 0 Å². The SMILES string of the molecule is CNS(=O)(=O)/C=C/c1c(C2CCOCC2)n(-c2ccc(F)cc2)c2cc3cnn(C(=O)C(C)(C)C)c3cc12. The van der Waals surface area contributed by atoms with Gasteiger partial charge in [-0.15, -0.1) is 0 Å². The number of carbonyl (C=O) groups excluding carboxylic acids is 1. The molecule has 0 saturated carbocycles. The van der Waals surface area contributed by atoms with E-state index in [0.717, 1.165) is 51.5 Å². The number of aromatic nitrogens is 3. The first-order valence-electron chi connectivity index (χ1n) is 12.6. The summed E-state index contributed by atoms with van der Waals surface area (Å²) in [5, 5.41) is 7.08. The lowest BCUT2D eigenvalue weighted by atomic mass is 9.92. The van der Waals surface area contributed by atoms with Crippen LogP contribution in [0.25, 0.3) is 33.6 Å². The fraction of sp³-hybridized carbons (Fsp3) is 0.357. The third kappa shape index (κ3) is 4.79. The molecule has 0 spiro atoms. The summed E-state index contributed by atoms with van der Waals surface area (Å²) >= 11 is 0. The van der Waals surface area contributed by atoms with E-state index in [-0.39, 0.29) is 17.6 Å². The molecule has 0 radical (unpaired) electrons. The second-order valence-corrected chi connectivity index (χ2v) is 12.4. The van der Waals surface area contributed by atoms with Crippen LogP contribution < -0.4 is 4.72 Å². The summed E-state index contributed by atoms with van der Waals surface area (Å²) in [6, 6.07) is 10.1. The zero-order valence-electron chi connectivity index (χ0n) is 21.9. The number of sulfonamides is 1. The maximum atomic E-state index is 13.9. The van der Waals surface area contributed by atoms with Gasteiger partial charge in [0.25, 0.3) is 5.91 Å². The van der Waals surface area contributed by atoms with Crippen LogP contribution in [0.15, 0.2) is 48.0 Å². The van der Waals surface area contributed by atoms with Crippen LogP contribution >= 0.6 is 0 Å². The number of carbonyl (C=O) groups is 1. The molecule has 4 aromatic rings. The number of fused-ring (bicyclic) bond motifs is 2. The van der Waals surface area contributed by atoms with Gasteiger partial charge in [-0.3, -0.25) is 4.79 Å². The van der Waals surface area contributed by atoms with Gasteiger partial charge in [0.2, 0.25) is 10.0 Å². The van der Waals surface area contributed by atoms with Gasteiger partial charge in [0, 0.05) is 57.7 Å². The van der Waals surface area contributed by atoms with Crippen LogP contribution in [0.5, 0.6) is 0 Å².